The number of carbonyl (C=O) groups is 2. The highest BCUT2D eigenvalue weighted by molar-refractivity contribution is 5.85. The van der Waals surface area contributed by atoms with Crippen molar-refractivity contribution in [2.24, 2.45) is 11.7 Å². The van der Waals surface area contributed by atoms with Gasteiger partial charge in [0.15, 0.2) is 0 Å². The summed E-state index contributed by atoms with van der Waals surface area (Å²) < 4.78 is 5.08. The first kappa shape index (κ1) is 23.7. The second-order valence-corrected chi connectivity index (χ2v) is 6.65. The molecule has 0 aliphatic carbocycles. The van der Waals surface area contributed by atoms with Gasteiger partial charge in [0, 0.05) is 6.04 Å². The van der Waals surface area contributed by atoms with E-state index >= 15 is 0 Å². The van der Waals surface area contributed by atoms with E-state index in [0.29, 0.717) is 6.61 Å². The lowest BCUT2D eigenvalue weighted by molar-refractivity contribution is -0.143. The van der Waals surface area contributed by atoms with E-state index < -0.39 is 18.0 Å². The summed E-state index contributed by atoms with van der Waals surface area (Å²) in [5, 5.41) is 2.99. The first-order valence-corrected chi connectivity index (χ1v) is 9.26. The Morgan fingerprint density at radius 1 is 1.07 bits per heavy atom. The SMILES string of the molecule is CCOC(=O)CC(NC(=O)C(C)C(N)c1ccccc1)c1ccccc1C.Cl. The fourth-order valence-corrected chi connectivity index (χ4v) is 3.03. The lowest BCUT2D eigenvalue weighted by Crippen LogP contribution is -2.38. The van der Waals surface area contributed by atoms with E-state index in [9.17, 15) is 9.59 Å². The molecule has 0 aliphatic rings. The zero-order chi connectivity index (χ0) is 19.8. The maximum absolute atomic E-state index is 12.8. The average molecular weight is 405 g/mol. The molecule has 0 saturated carbocycles. The first-order chi connectivity index (χ1) is 12.9. The number of amides is 1. The van der Waals surface area contributed by atoms with Gasteiger partial charge in [0.25, 0.3) is 0 Å². The third-order valence-corrected chi connectivity index (χ3v) is 4.69. The van der Waals surface area contributed by atoms with E-state index in [0.717, 1.165) is 16.7 Å². The minimum Gasteiger partial charge on any atom is -0.466 e. The van der Waals surface area contributed by atoms with Gasteiger partial charge in [-0.05, 0) is 30.5 Å². The van der Waals surface area contributed by atoms with Crippen molar-refractivity contribution in [1.82, 2.24) is 5.32 Å². The molecule has 0 radical (unpaired) electrons. The quantitative estimate of drug-likeness (QED) is 0.654. The molecule has 28 heavy (non-hydrogen) atoms. The Morgan fingerprint density at radius 2 is 1.68 bits per heavy atom. The van der Waals surface area contributed by atoms with Gasteiger partial charge in [-0.25, -0.2) is 0 Å². The zero-order valence-corrected chi connectivity index (χ0v) is 17.4. The number of benzene rings is 2. The van der Waals surface area contributed by atoms with Crippen molar-refractivity contribution < 1.29 is 14.3 Å². The Kier molecular flexibility index (Phi) is 9.69. The number of nitrogens with two attached hydrogens (primary N) is 1. The van der Waals surface area contributed by atoms with Crippen LogP contribution >= 0.6 is 12.4 Å². The molecule has 0 heterocycles. The molecule has 0 bridgehead atoms. The summed E-state index contributed by atoms with van der Waals surface area (Å²) in [6, 6.07) is 16.3. The van der Waals surface area contributed by atoms with Gasteiger partial charge in [0.1, 0.15) is 0 Å². The number of esters is 1. The predicted molar refractivity (Wildman–Crippen MR) is 113 cm³/mol. The molecular formula is C22H29ClN2O3. The highest BCUT2D eigenvalue weighted by Gasteiger charge is 2.27. The molecular weight excluding hydrogens is 376 g/mol. The molecule has 2 aromatic rings. The van der Waals surface area contributed by atoms with Crippen LogP contribution in [0.5, 0.6) is 0 Å². The molecule has 152 valence electrons. The number of hydrogen-bond donors (Lipinski definition) is 2. The van der Waals surface area contributed by atoms with Gasteiger partial charge >= 0.3 is 5.97 Å². The fourth-order valence-electron chi connectivity index (χ4n) is 3.03. The van der Waals surface area contributed by atoms with Crippen molar-refractivity contribution in [3.63, 3.8) is 0 Å². The third-order valence-electron chi connectivity index (χ3n) is 4.69. The zero-order valence-electron chi connectivity index (χ0n) is 16.6. The van der Waals surface area contributed by atoms with Crippen molar-refractivity contribution in [3.05, 3.63) is 71.3 Å². The minimum absolute atomic E-state index is 0. The highest BCUT2D eigenvalue weighted by atomic mass is 35.5. The average Bonchev–Trinajstić information content (AvgIpc) is 2.67. The van der Waals surface area contributed by atoms with Crippen molar-refractivity contribution in [3.8, 4) is 0 Å². The number of aryl methyl sites for hydroxylation is 1. The Hall–Kier alpha value is -2.37. The molecule has 0 aromatic heterocycles. The molecule has 1 amide bonds. The normalized spacial score (nSPS) is 13.6. The van der Waals surface area contributed by atoms with Gasteiger partial charge < -0.3 is 15.8 Å². The Morgan fingerprint density at radius 3 is 2.29 bits per heavy atom. The smallest absolute Gasteiger partial charge is 0.308 e. The lowest BCUT2D eigenvalue weighted by Gasteiger charge is -2.25. The molecule has 0 fully saturated rings. The topological polar surface area (TPSA) is 81.4 Å². The number of hydrogen-bond acceptors (Lipinski definition) is 4. The molecule has 0 spiro atoms. The van der Waals surface area contributed by atoms with Gasteiger partial charge in [0.2, 0.25) is 5.91 Å². The molecule has 5 nitrogen and oxygen atoms in total. The van der Waals surface area contributed by atoms with E-state index in [4.69, 9.17) is 10.5 Å². The molecule has 0 aliphatic heterocycles. The fraction of sp³-hybridized carbons (Fsp3) is 0.364. The van der Waals surface area contributed by atoms with Crippen LogP contribution in [0.3, 0.4) is 0 Å². The maximum atomic E-state index is 12.8. The van der Waals surface area contributed by atoms with Crippen LogP contribution in [0.15, 0.2) is 54.6 Å². The maximum Gasteiger partial charge on any atom is 0.308 e. The number of rotatable bonds is 8. The summed E-state index contributed by atoms with van der Waals surface area (Å²) in [4.78, 5) is 24.9. The van der Waals surface area contributed by atoms with E-state index in [1.807, 2.05) is 61.5 Å². The van der Waals surface area contributed by atoms with Gasteiger partial charge in [-0.2, -0.15) is 0 Å². The van der Waals surface area contributed by atoms with E-state index in [1.54, 1.807) is 13.8 Å². The van der Waals surface area contributed by atoms with Crippen LogP contribution in [0.1, 0.15) is 49.0 Å². The van der Waals surface area contributed by atoms with Crippen LogP contribution in [0, 0.1) is 12.8 Å². The number of nitrogens with one attached hydrogen (secondary N) is 1. The standard InChI is InChI=1S/C22H28N2O3.ClH/c1-4-27-20(25)14-19(18-13-9-8-10-15(18)2)24-22(26)16(3)21(23)17-11-6-5-7-12-17;/h5-13,16,19,21H,4,14,23H2,1-3H3,(H,24,26);1H. The number of halogens is 1. The van der Waals surface area contributed by atoms with E-state index in [2.05, 4.69) is 5.32 Å². The monoisotopic (exact) mass is 404 g/mol. The molecule has 3 unspecified atom stereocenters. The van der Waals surface area contributed by atoms with Gasteiger partial charge in [-0.15, -0.1) is 12.4 Å². The predicted octanol–water partition coefficient (Wildman–Crippen LogP) is 3.86. The van der Waals surface area contributed by atoms with Gasteiger partial charge in [-0.3, -0.25) is 9.59 Å². The summed E-state index contributed by atoms with van der Waals surface area (Å²) in [5.74, 6) is -0.976. The van der Waals surface area contributed by atoms with Crippen LogP contribution in [-0.4, -0.2) is 18.5 Å². The lowest BCUT2D eigenvalue weighted by atomic mass is 9.93. The van der Waals surface area contributed by atoms with Gasteiger partial charge in [-0.1, -0.05) is 61.5 Å². The van der Waals surface area contributed by atoms with Gasteiger partial charge in [0.05, 0.1) is 25.0 Å². The first-order valence-electron chi connectivity index (χ1n) is 9.26. The largest absolute Gasteiger partial charge is 0.466 e. The summed E-state index contributed by atoms with van der Waals surface area (Å²) in [6.07, 6.45) is 0.0811. The van der Waals surface area contributed by atoms with Crippen molar-refractivity contribution in [2.75, 3.05) is 6.61 Å². The summed E-state index contributed by atoms with van der Waals surface area (Å²) >= 11 is 0. The van der Waals surface area contributed by atoms with E-state index in [1.165, 1.54) is 0 Å². The number of carbonyl (C=O) groups excluding carboxylic acids is 2. The summed E-state index contributed by atoms with van der Waals surface area (Å²) in [5.41, 5.74) is 9.09. The van der Waals surface area contributed by atoms with Crippen LogP contribution in [0.4, 0.5) is 0 Å². The molecule has 2 aromatic carbocycles. The van der Waals surface area contributed by atoms with Crippen molar-refractivity contribution >= 4 is 24.3 Å². The Labute approximate surface area is 173 Å². The summed E-state index contributed by atoms with van der Waals surface area (Å²) in [7, 11) is 0. The number of ether oxygens (including phenoxy) is 1. The highest BCUT2D eigenvalue weighted by Crippen LogP contribution is 2.24. The second kappa shape index (κ2) is 11.5. The molecule has 0 saturated heterocycles. The van der Waals surface area contributed by atoms with Crippen LogP contribution in [0.2, 0.25) is 0 Å². The van der Waals surface area contributed by atoms with Crippen molar-refractivity contribution in [2.45, 2.75) is 39.3 Å². The van der Waals surface area contributed by atoms with Crippen LogP contribution < -0.4 is 11.1 Å². The molecule has 3 atom stereocenters. The third kappa shape index (κ3) is 6.36. The van der Waals surface area contributed by atoms with Crippen molar-refractivity contribution in [1.29, 1.82) is 0 Å². The van der Waals surface area contributed by atoms with E-state index in [-0.39, 0.29) is 30.7 Å². The molecule has 3 N–H and O–H groups in total. The Balaban J connectivity index is 0.00000392. The second-order valence-electron chi connectivity index (χ2n) is 6.65. The van der Waals surface area contributed by atoms with Crippen LogP contribution in [-0.2, 0) is 14.3 Å². The van der Waals surface area contributed by atoms with Crippen LogP contribution in [0.25, 0.3) is 0 Å². The summed E-state index contributed by atoms with van der Waals surface area (Å²) in [6.45, 7) is 5.83. The molecule has 2 rings (SSSR count). The minimum atomic E-state index is -0.455. The molecule has 6 heteroatoms. The Bertz CT molecular complexity index is 767.